The highest BCUT2D eigenvalue weighted by atomic mass is 32.2. The van der Waals surface area contributed by atoms with Crippen LogP contribution in [0.3, 0.4) is 0 Å². The van der Waals surface area contributed by atoms with Crippen LogP contribution in [0, 0.1) is 17.8 Å². The molecule has 2 aromatic rings. The summed E-state index contributed by atoms with van der Waals surface area (Å²) >= 11 is 2.97. The monoisotopic (exact) mass is 400 g/mol. The van der Waals surface area contributed by atoms with Crippen molar-refractivity contribution < 1.29 is 4.79 Å². The summed E-state index contributed by atoms with van der Waals surface area (Å²) in [7, 11) is 0. The molecule has 0 aliphatic heterocycles. The highest BCUT2D eigenvalue weighted by Crippen LogP contribution is 2.55. The lowest BCUT2D eigenvalue weighted by molar-refractivity contribution is -0.124. The first-order valence-electron chi connectivity index (χ1n) is 9.75. The molecule has 4 fully saturated rings. The molecule has 4 saturated carbocycles. The number of benzene rings is 1. The molecule has 4 bridgehead atoms. The van der Waals surface area contributed by atoms with Crippen molar-refractivity contribution in [1.29, 1.82) is 0 Å². The van der Waals surface area contributed by atoms with Gasteiger partial charge >= 0.3 is 0 Å². The maximum Gasteiger partial charge on any atom is 0.230 e. The lowest BCUT2D eigenvalue weighted by atomic mass is 9.53. The van der Waals surface area contributed by atoms with Crippen molar-refractivity contribution in [2.75, 3.05) is 11.1 Å². The normalized spacial score (nSPS) is 31.0. The van der Waals surface area contributed by atoms with Crippen molar-refractivity contribution in [2.45, 2.75) is 48.4 Å². The zero-order valence-corrected chi connectivity index (χ0v) is 16.8. The summed E-state index contributed by atoms with van der Waals surface area (Å²) in [6.07, 6.45) is 7.77. The molecule has 0 radical (unpaired) electrons. The summed E-state index contributed by atoms with van der Waals surface area (Å²) in [6.45, 7) is 0. The van der Waals surface area contributed by atoms with Gasteiger partial charge in [0.2, 0.25) is 11.0 Å². The molecule has 4 aliphatic carbocycles. The van der Waals surface area contributed by atoms with Crippen molar-refractivity contribution in [2.24, 2.45) is 17.8 Å². The number of anilines is 2. The molecular formula is C20H24N4OS2. The molecule has 4 aliphatic rings. The number of hydrogen-bond acceptors (Lipinski definition) is 6. The van der Waals surface area contributed by atoms with Gasteiger partial charge in [-0.3, -0.25) is 4.79 Å². The quantitative estimate of drug-likeness (QED) is 0.701. The van der Waals surface area contributed by atoms with Crippen LogP contribution in [0.4, 0.5) is 10.8 Å². The number of thioether (sulfide) groups is 1. The zero-order chi connectivity index (χ0) is 18.3. The van der Waals surface area contributed by atoms with Crippen LogP contribution in [0.25, 0.3) is 0 Å². The van der Waals surface area contributed by atoms with E-state index in [0.717, 1.165) is 32.9 Å². The molecule has 1 heterocycles. The first kappa shape index (κ1) is 17.5. The summed E-state index contributed by atoms with van der Waals surface area (Å²) in [6, 6.07) is 9.93. The Morgan fingerprint density at radius 2 is 1.74 bits per heavy atom. The fourth-order valence-corrected chi connectivity index (χ4v) is 7.26. The van der Waals surface area contributed by atoms with Crippen LogP contribution in [-0.4, -0.2) is 27.4 Å². The van der Waals surface area contributed by atoms with Gasteiger partial charge in [0.25, 0.3) is 0 Å². The molecule has 1 amide bonds. The summed E-state index contributed by atoms with van der Waals surface area (Å²) < 4.78 is 0.828. The predicted octanol–water partition coefficient (Wildman–Crippen LogP) is 4.46. The van der Waals surface area contributed by atoms with Crippen LogP contribution >= 0.6 is 23.1 Å². The minimum absolute atomic E-state index is 0.0908. The molecule has 0 spiro atoms. The molecule has 1 aromatic carbocycles. The van der Waals surface area contributed by atoms with E-state index in [4.69, 9.17) is 0 Å². The smallest absolute Gasteiger partial charge is 0.230 e. The Morgan fingerprint density at radius 3 is 2.41 bits per heavy atom. The van der Waals surface area contributed by atoms with E-state index in [9.17, 15) is 4.79 Å². The maximum absolute atomic E-state index is 12.6. The molecule has 0 unspecified atom stereocenters. The molecule has 27 heavy (non-hydrogen) atoms. The molecule has 1 aromatic heterocycles. The second kappa shape index (κ2) is 7.09. The van der Waals surface area contributed by atoms with Crippen molar-refractivity contribution in [3.63, 3.8) is 0 Å². The largest absolute Gasteiger partial charge is 0.350 e. The Kier molecular flexibility index (Phi) is 4.60. The van der Waals surface area contributed by atoms with Gasteiger partial charge in [-0.2, -0.15) is 0 Å². The molecule has 0 saturated heterocycles. The van der Waals surface area contributed by atoms with Crippen LogP contribution < -0.4 is 10.6 Å². The highest BCUT2D eigenvalue weighted by molar-refractivity contribution is 8.01. The van der Waals surface area contributed by atoms with E-state index in [-0.39, 0.29) is 11.4 Å². The van der Waals surface area contributed by atoms with E-state index >= 15 is 0 Å². The maximum atomic E-state index is 12.6. The second-order valence-electron chi connectivity index (χ2n) is 8.40. The average molecular weight is 401 g/mol. The van der Waals surface area contributed by atoms with E-state index in [1.165, 1.54) is 61.6 Å². The number of carbonyl (C=O) groups is 1. The number of rotatable bonds is 6. The second-order valence-corrected chi connectivity index (χ2v) is 10.6. The van der Waals surface area contributed by atoms with Gasteiger partial charge in [0.15, 0.2) is 4.34 Å². The molecule has 5 nitrogen and oxygen atoms in total. The van der Waals surface area contributed by atoms with Crippen molar-refractivity contribution >= 4 is 39.8 Å². The predicted molar refractivity (Wildman–Crippen MR) is 109 cm³/mol. The van der Waals surface area contributed by atoms with Crippen LogP contribution in [0.1, 0.15) is 38.5 Å². The number of nitrogens with one attached hydrogen (secondary N) is 2. The molecule has 7 heteroatoms. The van der Waals surface area contributed by atoms with Gasteiger partial charge in [0, 0.05) is 11.2 Å². The first-order valence-corrected chi connectivity index (χ1v) is 11.6. The van der Waals surface area contributed by atoms with Gasteiger partial charge in [0.1, 0.15) is 0 Å². The third kappa shape index (κ3) is 3.85. The first-order chi connectivity index (χ1) is 13.2. The third-order valence-corrected chi connectivity index (χ3v) is 8.17. The Hall–Kier alpha value is -1.60. The lowest BCUT2D eigenvalue weighted by Gasteiger charge is -2.56. The van der Waals surface area contributed by atoms with Crippen molar-refractivity contribution in [3.8, 4) is 0 Å². The highest BCUT2D eigenvalue weighted by Gasteiger charge is 2.51. The van der Waals surface area contributed by atoms with Crippen LogP contribution in [0.5, 0.6) is 0 Å². The number of para-hydroxylation sites is 1. The van der Waals surface area contributed by atoms with Crippen molar-refractivity contribution in [3.05, 3.63) is 30.3 Å². The lowest BCUT2D eigenvalue weighted by Crippen LogP contribution is -2.60. The Labute approximate surface area is 167 Å². The van der Waals surface area contributed by atoms with Crippen LogP contribution in [0.2, 0.25) is 0 Å². The van der Waals surface area contributed by atoms with E-state index in [1.807, 2.05) is 30.3 Å². The Bertz CT molecular complexity index is 787. The van der Waals surface area contributed by atoms with E-state index in [2.05, 4.69) is 20.8 Å². The van der Waals surface area contributed by atoms with Gasteiger partial charge in [0.05, 0.1) is 5.75 Å². The number of amides is 1. The van der Waals surface area contributed by atoms with Gasteiger partial charge in [-0.1, -0.05) is 41.3 Å². The SMILES string of the molecule is O=C(CSc1nnc(Nc2ccccc2)s1)NC12CC3CC(CC(C3)C1)C2. The van der Waals surface area contributed by atoms with E-state index in [0.29, 0.717) is 5.75 Å². The fraction of sp³-hybridized carbons (Fsp3) is 0.550. The minimum Gasteiger partial charge on any atom is -0.350 e. The molecule has 2 N–H and O–H groups in total. The van der Waals surface area contributed by atoms with Crippen LogP contribution in [-0.2, 0) is 4.79 Å². The average Bonchev–Trinajstić information content (AvgIpc) is 3.07. The summed E-state index contributed by atoms with van der Waals surface area (Å²) in [5, 5.41) is 15.8. The minimum atomic E-state index is 0.0908. The van der Waals surface area contributed by atoms with Gasteiger partial charge in [-0.25, -0.2) is 0 Å². The molecule has 142 valence electrons. The number of hydrogen-bond donors (Lipinski definition) is 2. The summed E-state index contributed by atoms with van der Waals surface area (Å²) in [4.78, 5) is 12.6. The van der Waals surface area contributed by atoms with Crippen molar-refractivity contribution in [1.82, 2.24) is 15.5 Å². The fourth-order valence-electron chi connectivity index (χ4n) is 5.69. The molecular weight excluding hydrogens is 376 g/mol. The van der Waals surface area contributed by atoms with E-state index in [1.54, 1.807) is 0 Å². The Balaban J connectivity index is 1.15. The van der Waals surface area contributed by atoms with Gasteiger partial charge in [-0.15, -0.1) is 10.2 Å². The Morgan fingerprint density at radius 1 is 1.07 bits per heavy atom. The zero-order valence-electron chi connectivity index (χ0n) is 15.2. The van der Waals surface area contributed by atoms with E-state index < -0.39 is 0 Å². The van der Waals surface area contributed by atoms with Crippen LogP contribution in [0.15, 0.2) is 34.7 Å². The number of nitrogens with zero attached hydrogens (tertiary/aromatic N) is 2. The number of aromatic nitrogens is 2. The number of carbonyl (C=O) groups excluding carboxylic acids is 1. The summed E-state index contributed by atoms with van der Waals surface area (Å²) in [5.74, 6) is 3.11. The third-order valence-electron chi connectivity index (χ3n) is 6.20. The van der Waals surface area contributed by atoms with Gasteiger partial charge in [-0.05, 0) is 68.4 Å². The molecule has 0 atom stereocenters. The topological polar surface area (TPSA) is 66.9 Å². The summed E-state index contributed by atoms with van der Waals surface area (Å²) in [5.41, 5.74) is 1.08. The van der Waals surface area contributed by atoms with Gasteiger partial charge < -0.3 is 10.6 Å². The molecule has 6 rings (SSSR count). The standard InChI is InChI=1S/C20H24N4OS2/c25-17(22-20-9-13-6-14(10-20)8-15(7-13)11-20)12-26-19-24-23-18(27-19)21-16-4-2-1-3-5-16/h1-5,13-15H,6-12H2,(H,21,23)(H,22,25).